The maximum atomic E-state index is 5.75. The monoisotopic (exact) mass is 184 g/mol. The van der Waals surface area contributed by atoms with Gasteiger partial charge in [0.05, 0.1) is 0 Å². The van der Waals surface area contributed by atoms with E-state index in [0.717, 1.165) is 11.1 Å². The molecule has 1 heterocycles. The number of nitrogen functional groups attached to an aromatic ring is 1. The molecular formula is C12H12N2. The van der Waals surface area contributed by atoms with Crippen molar-refractivity contribution in [1.82, 2.24) is 4.98 Å². The predicted octanol–water partition coefficient (Wildman–Crippen LogP) is 2.64. The van der Waals surface area contributed by atoms with Crippen molar-refractivity contribution in [1.29, 1.82) is 0 Å². The third-order valence-electron chi connectivity index (χ3n) is 2.33. The second-order valence-corrected chi connectivity index (χ2v) is 3.23. The van der Waals surface area contributed by atoms with Crippen LogP contribution >= 0.6 is 0 Å². The van der Waals surface area contributed by atoms with E-state index in [1.807, 2.05) is 31.2 Å². The summed E-state index contributed by atoms with van der Waals surface area (Å²) < 4.78 is 0. The molecule has 2 heteroatoms. The average Bonchev–Trinajstić information content (AvgIpc) is 2.23. The summed E-state index contributed by atoms with van der Waals surface area (Å²) in [6, 6.07) is 12.2. The Labute approximate surface area is 83.4 Å². The second kappa shape index (κ2) is 3.50. The van der Waals surface area contributed by atoms with Crippen molar-refractivity contribution < 1.29 is 0 Å². The van der Waals surface area contributed by atoms with Gasteiger partial charge in [0.25, 0.3) is 0 Å². The van der Waals surface area contributed by atoms with Gasteiger partial charge in [0.2, 0.25) is 0 Å². The zero-order valence-corrected chi connectivity index (χ0v) is 8.07. The summed E-state index contributed by atoms with van der Waals surface area (Å²) in [5, 5.41) is 0. The van der Waals surface area contributed by atoms with Crippen LogP contribution < -0.4 is 5.73 Å². The van der Waals surface area contributed by atoms with Crippen LogP contribution in [0.5, 0.6) is 0 Å². The average molecular weight is 184 g/mol. The molecule has 2 N–H and O–H groups in total. The van der Waals surface area contributed by atoms with Gasteiger partial charge < -0.3 is 5.73 Å². The highest BCUT2D eigenvalue weighted by molar-refractivity contribution is 5.70. The second-order valence-electron chi connectivity index (χ2n) is 3.23. The Kier molecular flexibility index (Phi) is 2.19. The maximum absolute atomic E-state index is 5.75. The molecule has 0 unspecified atom stereocenters. The first-order valence-electron chi connectivity index (χ1n) is 4.55. The summed E-state index contributed by atoms with van der Waals surface area (Å²) in [4.78, 5) is 4.04. The standard InChI is InChI=1S/C12H12N2/c1-9-11(7-8-14-12(9)13)10-5-3-2-4-6-10/h2-8H,1H3,(H2,13,14). The summed E-state index contributed by atoms with van der Waals surface area (Å²) in [6.45, 7) is 1.99. The number of hydrogen-bond acceptors (Lipinski definition) is 2. The molecule has 0 aliphatic carbocycles. The van der Waals surface area contributed by atoms with E-state index in [2.05, 4.69) is 17.1 Å². The Morgan fingerprint density at radius 3 is 2.50 bits per heavy atom. The van der Waals surface area contributed by atoms with Crippen LogP contribution in [0.2, 0.25) is 0 Å². The van der Waals surface area contributed by atoms with Gasteiger partial charge in [-0.1, -0.05) is 30.3 Å². The fraction of sp³-hybridized carbons (Fsp3) is 0.0833. The Balaban J connectivity index is 2.58. The number of benzene rings is 1. The van der Waals surface area contributed by atoms with Crippen LogP contribution in [0, 0.1) is 6.92 Å². The van der Waals surface area contributed by atoms with E-state index in [4.69, 9.17) is 5.73 Å². The quantitative estimate of drug-likeness (QED) is 0.740. The van der Waals surface area contributed by atoms with Crippen molar-refractivity contribution in [3.8, 4) is 11.1 Å². The minimum atomic E-state index is 0.603. The summed E-state index contributed by atoms with van der Waals surface area (Å²) in [6.07, 6.45) is 1.74. The van der Waals surface area contributed by atoms with Crippen LogP contribution in [-0.2, 0) is 0 Å². The summed E-state index contributed by atoms with van der Waals surface area (Å²) in [5.74, 6) is 0.603. The molecule has 14 heavy (non-hydrogen) atoms. The molecule has 0 amide bonds. The zero-order chi connectivity index (χ0) is 9.97. The van der Waals surface area contributed by atoms with E-state index in [1.54, 1.807) is 6.20 Å². The lowest BCUT2D eigenvalue weighted by Gasteiger charge is -2.06. The van der Waals surface area contributed by atoms with Gasteiger partial charge >= 0.3 is 0 Å². The molecule has 0 spiro atoms. The first-order valence-corrected chi connectivity index (χ1v) is 4.55. The Morgan fingerprint density at radius 2 is 1.79 bits per heavy atom. The lowest BCUT2D eigenvalue weighted by Crippen LogP contribution is -1.95. The number of pyridine rings is 1. The molecule has 0 aliphatic rings. The van der Waals surface area contributed by atoms with Crippen LogP contribution in [0.3, 0.4) is 0 Å². The number of nitrogens with two attached hydrogens (primary N) is 1. The normalized spacial score (nSPS) is 10.1. The van der Waals surface area contributed by atoms with E-state index < -0.39 is 0 Å². The first kappa shape index (κ1) is 8.75. The largest absolute Gasteiger partial charge is 0.383 e. The molecule has 0 aliphatic heterocycles. The third kappa shape index (κ3) is 1.46. The van der Waals surface area contributed by atoms with Crippen molar-refractivity contribution in [2.24, 2.45) is 0 Å². The van der Waals surface area contributed by atoms with Crippen molar-refractivity contribution in [3.63, 3.8) is 0 Å². The third-order valence-corrected chi connectivity index (χ3v) is 2.33. The molecule has 70 valence electrons. The van der Waals surface area contributed by atoms with Crippen molar-refractivity contribution in [2.45, 2.75) is 6.92 Å². The molecule has 0 fully saturated rings. The minimum Gasteiger partial charge on any atom is -0.383 e. The highest BCUT2D eigenvalue weighted by Crippen LogP contribution is 2.24. The van der Waals surface area contributed by atoms with Crippen LogP contribution in [0.15, 0.2) is 42.6 Å². The molecule has 0 radical (unpaired) electrons. The number of nitrogens with zero attached hydrogens (tertiary/aromatic N) is 1. The van der Waals surface area contributed by atoms with Gasteiger partial charge in [-0.3, -0.25) is 0 Å². The number of rotatable bonds is 1. The molecule has 0 saturated carbocycles. The minimum absolute atomic E-state index is 0.603. The fourth-order valence-corrected chi connectivity index (χ4v) is 1.48. The molecule has 1 aromatic carbocycles. The Morgan fingerprint density at radius 1 is 1.07 bits per heavy atom. The maximum Gasteiger partial charge on any atom is 0.126 e. The van der Waals surface area contributed by atoms with E-state index >= 15 is 0 Å². The Bertz CT molecular complexity index is 435. The van der Waals surface area contributed by atoms with Gasteiger partial charge in [0, 0.05) is 6.20 Å². The Hall–Kier alpha value is -1.83. The van der Waals surface area contributed by atoms with Gasteiger partial charge in [-0.25, -0.2) is 4.98 Å². The summed E-state index contributed by atoms with van der Waals surface area (Å²) in [5.41, 5.74) is 9.12. The van der Waals surface area contributed by atoms with Crippen LogP contribution in [-0.4, -0.2) is 4.98 Å². The molecule has 2 nitrogen and oxygen atoms in total. The van der Waals surface area contributed by atoms with Crippen LogP contribution in [0.25, 0.3) is 11.1 Å². The van der Waals surface area contributed by atoms with Gasteiger partial charge in [-0.05, 0) is 29.7 Å². The fourth-order valence-electron chi connectivity index (χ4n) is 1.48. The molecule has 2 aromatic rings. The van der Waals surface area contributed by atoms with E-state index in [0.29, 0.717) is 5.82 Å². The molecule has 0 saturated heterocycles. The molecule has 0 bridgehead atoms. The van der Waals surface area contributed by atoms with Crippen molar-refractivity contribution in [3.05, 3.63) is 48.2 Å². The van der Waals surface area contributed by atoms with E-state index in [1.165, 1.54) is 5.56 Å². The van der Waals surface area contributed by atoms with Crippen molar-refractivity contribution >= 4 is 5.82 Å². The number of anilines is 1. The zero-order valence-electron chi connectivity index (χ0n) is 8.07. The smallest absolute Gasteiger partial charge is 0.126 e. The molecule has 0 atom stereocenters. The lowest BCUT2D eigenvalue weighted by molar-refractivity contribution is 1.28. The van der Waals surface area contributed by atoms with Crippen molar-refractivity contribution in [2.75, 3.05) is 5.73 Å². The highest BCUT2D eigenvalue weighted by atomic mass is 14.8. The van der Waals surface area contributed by atoms with E-state index in [-0.39, 0.29) is 0 Å². The van der Waals surface area contributed by atoms with E-state index in [9.17, 15) is 0 Å². The molecule has 2 rings (SSSR count). The van der Waals surface area contributed by atoms with Gasteiger partial charge in [-0.2, -0.15) is 0 Å². The topological polar surface area (TPSA) is 38.9 Å². The number of aromatic nitrogens is 1. The highest BCUT2D eigenvalue weighted by Gasteiger charge is 2.03. The predicted molar refractivity (Wildman–Crippen MR) is 58.8 cm³/mol. The van der Waals surface area contributed by atoms with Gasteiger partial charge in [0.15, 0.2) is 0 Å². The molecular weight excluding hydrogens is 172 g/mol. The van der Waals surface area contributed by atoms with Gasteiger partial charge in [0.1, 0.15) is 5.82 Å². The number of hydrogen-bond donors (Lipinski definition) is 1. The molecule has 1 aromatic heterocycles. The van der Waals surface area contributed by atoms with Crippen LogP contribution in [0.1, 0.15) is 5.56 Å². The van der Waals surface area contributed by atoms with Gasteiger partial charge in [-0.15, -0.1) is 0 Å². The SMILES string of the molecule is Cc1c(-c2ccccc2)ccnc1N. The first-order chi connectivity index (χ1) is 6.79. The summed E-state index contributed by atoms with van der Waals surface area (Å²) >= 11 is 0. The lowest BCUT2D eigenvalue weighted by atomic mass is 10.0. The van der Waals surface area contributed by atoms with Crippen LogP contribution in [0.4, 0.5) is 5.82 Å². The summed E-state index contributed by atoms with van der Waals surface area (Å²) in [7, 11) is 0.